The van der Waals surface area contributed by atoms with Crippen molar-refractivity contribution in [3.05, 3.63) is 24.0 Å². The minimum absolute atomic E-state index is 0.0827. The maximum absolute atomic E-state index is 11.4. The lowest BCUT2D eigenvalue weighted by Gasteiger charge is -2.08. The Bertz CT molecular complexity index is 501. The Morgan fingerprint density at radius 2 is 2.18 bits per heavy atom. The van der Waals surface area contributed by atoms with E-state index in [1.807, 2.05) is 6.92 Å². The minimum atomic E-state index is -3.67. The molecule has 0 saturated heterocycles. The van der Waals surface area contributed by atoms with Crippen LogP contribution >= 0.6 is 0 Å². The first-order valence-electron chi connectivity index (χ1n) is 4.90. The van der Waals surface area contributed by atoms with E-state index in [-0.39, 0.29) is 11.3 Å². The van der Waals surface area contributed by atoms with Gasteiger partial charge in [0.15, 0.2) is 0 Å². The molecule has 1 aromatic heterocycles. The van der Waals surface area contributed by atoms with Gasteiger partial charge < -0.3 is 5.11 Å². The second-order valence-electron chi connectivity index (χ2n) is 3.27. The number of carboxylic acids is 1. The zero-order valence-electron chi connectivity index (χ0n) is 9.17. The first kappa shape index (κ1) is 13.4. The Balaban J connectivity index is 2.81. The molecule has 0 aliphatic carbocycles. The summed E-state index contributed by atoms with van der Waals surface area (Å²) >= 11 is 0. The summed E-state index contributed by atoms with van der Waals surface area (Å²) in [5.74, 6) is -1.17. The Labute approximate surface area is 99.1 Å². The summed E-state index contributed by atoms with van der Waals surface area (Å²) in [5, 5.41) is 8.72. The molecule has 0 unspecified atom stereocenters. The monoisotopic (exact) mass is 259 g/mol. The predicted octanol–water partition coefficient (Wildman–Crippen LogP) is 0.436. The van der Waals surface area contributed by atoms with Crippen molar-refractivity contribution in [3.8, 4) is 0 Å². The van der Waals surface area contributed by atoms with E-state index >= 15 is 0 Å². The molecule has 94 valence electrons. The van der Waals surface area contributed by atoms with Crippen LogP contribution in [0.3, 0.4) is 0 Å². The second kappa shape index (κ2) is 5.60. The molecule has 0 aliphatic rings. The highest BCUT2D eigenvalue weighted by Gasteiger charge is 2.10. The first-order valence-corrected chi connectivity index (χ1v) is 6.38. The second-order valence-corrected chi connectivity index (χ2v) is 4.77. The number of pyridine rings is 1. The van der Waals surface area contributed by atoms with E-state index in [0.29, 0.717) is 13.0 Å². The number of anilines is 1. The number of hydrogen-bond donors (Lipinski definition) is 3. The third-order valence-electron chi connectivity index (χ3n) is 1.78. The van der Waals surface area contributed by atoms with E-state index in [1.165, 1.54) is 12.3 Å². The van der Waals surface area contributed by atoms with E-state index in [2.05, 4.69) is 14.4 Å². The van der Waals surface area contributed by atoms with Crippen molar-refractivity contribution in [1.29, 1.82) is 0 Å². The highest BCUT2D eigenvalue weighted by molar-refractivity contribution is 7.90. The standard InChI is InChI=1S/C9H13N3O4S/c1-2-3-11-17(15,16)12-8-4-7(9(13)14)5-10-6-8/h4-6,11-12H,2-3H2,1H3,(H,13,14). The largest absolute Gasteiger partial charge is 0.478 e. The molecule has 0 fully saturated rings. The smallest absolute Gasteiger partial charge is 0.337 e. The Hall–Kier alpha value is -1.67. The van der Waals surface area contributed by atoms with Crippen LogP contribution in [0.5, 0.6) is 0 Å². The average molecular weight is 259 g/mol. The third kappa shape index (κ3) is 4.37. The lowest BCUT2D eigenvalue weighted by Crippen LogP contribution is -2.30. The molecule has 1 rings (SSSR count). The third-order valence-corrected chi connectivity index (χ3v) is 2.87. The molecule has 8 heteroatoms. The summed E-state index contributed by atoms with van der Waals surface area (Å²) in [5.41, 5.74) is 0.0224. The van der Waals surface area contributed by atoms with Crippen LogP contribution in [0, 0.1) is 0 Å². The van der Waals surface area contributed by atoms with Crippen LogP contribution in [-0.2, 0) is 10.2 Å². The van der Waals surface area contributed by atoms with Crippen LogP contribution in [0.4, 0.5) is 5.69 Å². The molecule has 3 N–H and O–H groups in total. The van der Waals surface area contributed by atoms with E-state index < -0.39 is 16.2 Å². The number of rotatable bonds is 6. The molecule has 0 aliphatic heterocycles. The molecule has 0 radical (unpaired) electrons. The van der Waals surface area contributed by atoms with Gasteiger partial charge >= 0.3 is 5.97 Å². The van der Waals surface area contributed by atoms with Crippen LogP contribution in [0.15, 0.2) is 18.5 Å². The van der Waals surface area contributed by atoms with Crippen LogP contribution in [0.25, 0.3) is 0 Å². The van der Waals surface area contributed by atoms with Gasteiger partial charge in [-0.25, -0.2) is 4.79 Å². The fourth-order valence-corrected chi connectivity index (χ4v) is 2.01. The van der Waals surface area contributed by atoms with Crippen LogP contribution in [0.1, 0.15) is 23.7 Å². The summed E-state index contributed by atoms with van der Waals surface area (Å²) in [6, 6.07) is 1.19. The van der Waals surface area contributed by atoms with Crippen molar-refractivity contribution < 1.29 is 18.3 Å². The molecule has 0 amide bonds. The lowest BCUT2D eigenvalue weighted by atomic mass is 10.3. The van der Waals surface area contributed by atoms with Gasteiger partial charge in [-0.15, -0.1) is 0 Å². The molecular formula is C9H13N3O4S. The fourth-order valence-electron chi connectivity index (χ4n) is 1.04. The molecule has 1 heterocycles. The number of nitrogens with one attached hydrogen (secondary N) is 2. The zero-order valence-corrected chi connectivity index (χ0v) is 9.99. The van der Waals surface area contributed by atoms with Gasteiger partial charge in [0.2, 0.25) is 0 Å². The topological polar surface area (TPSA) is 108 Å². The van der Waals surface area contributed by atoms with Gasteiger partial charge in [0.05, 0.1) is 17.4 Å². The van der Waals surface area contributed by atoms with Gasteiger partial charge in [-0.2, -0.15) is 13.1 Å². The van der Waals surface area contributed by atoms with Crippen molar-refractivity contribution in [2.45, 2.75) is 13.3 Å². The van der Waals surface area contributed by atoms with E-state index in [4.69, 9.17) is 5.11 Å². The highest BCUT2D eigenvalue weighted by atomic mass is 32.2. The molecule has 17 heavy (non-hydrogen) atoms. The number of aromatic carboxylic acids is 1. The van der Waals surface area contributed by atoms with Gasteiger partial charge in [0, 0.05) is 12.7 Å². The Morgan fingerprint density at radius 1 is 1.47 bits per heavy atom. The van der Waals surface area contributed by atoms with Crippen molar-refractivity contribution in [1.82, 2.24) is 9.71 Å². The summed E-state index contributed by atoms with van der Waals surface area (Å²) in [7, 11) is -3.67. The van der Waals surface area contributed by atoms with Gasteiger partial charge in [0.25, 0.3) is 10.2 Å². The summed E-state index contributed by atoms with van der Waals surface area (Å²) in [6.45, 7) is 2.14. The number of nitrogens with zero attached hydrogens (tertiary/aromatic N) is 1. The highest BCUT2D eigenvalue weighted by Crippen LogP contribution is 2.09. The molecular weight excluding hydrogens is 246 g/mol. The first-order chi connectivity index (χ1) is 7.94. The number of aromatic nitrogens is 1. The Morgan fingerprint density at radius 3 is 2.76 bits per heavy atom. The molecule has 0 bridgehead atoms. The van der Waals surface area contributed by atoms with E-state index in [0.717, 1.165) is 6.20 Å². The summed E-state index contributed by atoms with van der Waals surface area (Å²) in [4.78, 5) is 14.3. The molecule has 7 nitrogen and oxygen atoms in total. The number of hydrogen-bond acceptors (Lipinski definition) is 4. The summed E-state index contributed by atoms with van der Waals surface area (Å²) in [6.07, 6.45) is 3.03. The zero-order chi connectivity index (χ0) is 12.9. The van der Waals surface area contributed by atoms with Crippen LogP contribution < -0.4 is 9.44 Å². The summed E-state index contributed by atoms with van der Waals surface area (Å²) < 4.78 is 27.4. The number of carbonyl (C=O) groups is 1. The van der Waals surface area contributed by atoms with Gasteiger partial charge in [-0.05, 0) is 12.5 Å². The van der Waals surface area contributed by atoms with E-state index in [9.17, 15) is 13.2 Å². The number of carboxylic acid groups (broad SMARTS) is 1. The molecule has 0 saturated carbocycles. The van der Waals surface area contributed by atoms with Crippen molar-refractivity contribution >= 4 is 21.9 Å². The predicted molar refractivity (Wildman–Crippen MR) is 62.0 cm³/mol. The maximum atomic E-state index is 11.4. The minimum Gasteiger partial charge on any atom is -0.478 e. The molecule has 0 atom stereocenters. The molecule has 0 spiro atoms. The molecule has 0 aromatic carbocycles. The van der Waals surface area contributed by atoms with E-state index in [1.54, 1.807) is 0 Å². The van der Waals surface area contributed by atoms with Gasteiger partial charge in [-0.1, -0.05) is 6.92 Å². The van der Waals surface area contributed by atoms with Crippen molar-refractivity contribution in [3.63, 3.8) is 0 Å². The normalized spacial score (nSPS) is 11.1. The lowest BCUT2D eigenvalue weighted by molar-refractivity contribution is 0.0696. The van der Waals surface area contributed by atoms with Crippen LogP contribution in [0.2, 0.25) is 0 Å². The van der Waals surface area contributed by atoms with Gasteiger partial charge in [0.1, 0.15) is 0 Å². The van der Waals surface area contributed by atoms with Gasteiger partial charge in [-0.3, -0.25) is 9.71 Å². The molecule has 1 aromatic rings. The Kier molecular flexibility index (Phi) is 4.41. The van der Waals surface area contributed by atoms with Crippen LogP contribution in [-0.4, -0.2) is 31.0 Å². The fraction of sp³-hybridized carbons (Fsp3) is 0.333. The SMILES string of the molecule is CCCNS(=O)(=O)Nc1cncc(C(=O)O)c1. The van der Waals surface area contributed by atoms with Crippen molar-refractivity contribution in [2.75, 3.05) is 11.3 Å². The average Bonchev–Trinajstić information content (AvgIpc) is 2.26. The van der Waals surface area contributed by atoms with Crippen molar-refractivity contribution in [2.24, 2.45) is 0 Å². The maximum Gasteiger partial charge on any atom is 0.337 e. The quantitative estimate of drug-likeness (QED) is 0.686.